The van der Waals surface area contributed by atoms with Crippen molar-refractivity contribution in [1.29, 1.82) is 0 Å². The van der Waals surface area contributed by atoms with Crippen LogP contribution in [-0.2, 0) is 6.42 Å². The SMILES string of the molecule is CNC(Cc1ccc(Br)cn1)C1(C)CCCCC1. The number of pyridine rings is 1. The Morgan fingerprint density at radius 1 is 1.33 bits per heavy atom. The van der Waals surface area contributed by atoms with Crippen LogP contribution in [0.25, 0.3) is 0 Å². The molecular formula is C15H23BrN2. The van der Waals surface area contributed by atoms with Crippen molar-refractivity contribution in [3.8, 4) is 0 Å². The molecule has 0 spiro atoms. The van der Waals surface area contributed by atoms with E-state index < -0.39 is 0 Å². The summed E-state index contributed by atoms with van der Waals surface area (Å²) in [6.45, 7) is 2.44. The fourth-order valence-electron chi connectivity index (χ4n) is 3.14. The van der Waals surface area contributed by atoms with Gasteiger partial charge in [-0.1, -0.05) is 26.2 Å². The lowest BCUT2D eigenvalue weighted by molar-refractivity contribution is 0.148. The van der Waals surface area contributed by atoms with Crippen molar-refractivity contribution in [2.24, 2.45) is 5.41 Å². The average molecular weight is 311 g/mol. The number of hydrogen-bond acceptors (Lipinski definition) is 2. The van der Waals surface area contributed by atoms with E-state index in [0.717, 1.165) is 10.9 Å². The zero-order valence-electron chi connectivity index (χ0n) is 11.4. The van der Waals surface area contributed by atoms with Gasteiger partial charge in [0.15, 0.2) is 0 Å². The second-order valence-corrected chi connectivity index (χ2v) is 6.64. The smallest absolute Gasteiger partial charge is 0.0420 e. The summed E-state index contributed by atoms with van der Waals surface area (Å²) in [5, 5.41) is 3.52. The standard InChI is InChI=1S/C15H23BrN2/c1-15(8-4-3-5-9-15)14(17-2)10-13-7-6-12(16)11-18-13/h6-7,11,14,17H,3-5,8-10H2,1-2H3. The van der Waals surface area contributed by atoms with Crippen LogP contribution in [0.15, 0.2) is 22.8 Å². The van der Waals surface area contributed by atoms with Crippen LogP contribution < -0.4 is 5.32 Å². The first-order valence-corrected chi connectivity index (χ1v) is 7.71. The van der Waals surface area contributed by atoms with Gasteiger partial charge in [-0.2, -0.15) is 0 Å². The molecule has 2 nitrogen and oxygen atoms in total. The summed E-state index contributed by atoms with van der Waals surface area (Å²) in [6.07, 6.45) is 9.77. The molecule has 1 atom stereocenters. The molecule has 0 saturated heterocycles. The van der Waals surface area contributed by atoms with E-state index in [4.69, 9.17) is 0 Å². The number of rotatable bonds is 4. The van der Waals surface area contributed by atoms with Gasteiger partial charge in [-0.05, 0) is 53.4 Å². The lowest BCUT2D eigenvalue weighted by Gasteiger charge is -2.40. The van der Waals surface area contributed by atoms with Crippen molar-refractivity contribution < 1.29 is 0 Å². The fraction of sp³-hybridized carbons (Fsp3) is 0.667. The molecule has 18 heavy (non-hydrogen) atoms. The third-order valence-corrected chi connectivity index (χ3v) is 4.86. The highest BCUT2D eigenvalue weighted by molar-refractivity contribution is 9.10. The fourth-order valence-corrected chi connectivity index (χ4v) is 3.38. The normalized spacial score (nSPS) is 20.6. The lowest BCUT2D eigenvalue weighted by Crippen LogP contribution is -2.44. The maximum atomic E-state index is 4.51. The Balaban J connectivity index is 2.06. The number of nitrogens with one attached hydrogen (secondary N) is 1. The molecular weight excluding hydrogens is 288 g/mol. The van der Waals surface area contributed by atoms with E-state index in [1.54, 1.807) is 0 Å². The Morgan fingerprint density at radius 3 is 2.61 bits per heavy atom. The largest absolute Gasteiger partial charge is 0.316 e. The summed E-state index contributed by atoms with van der Waals surface area (Å²) in [5.74, 6) is 0. The van der Waals surface area contributed by atoms with E-state index in [0.29, 0.717) is 11.5 Å². The molecule has 1 aliphatic carbocycles. The first-order chi connectivity index (χ1) is 8.64. The average Bonchev–Trinajstić information content (AvgIpc) is 2.38. The van der Waals surface area contributed by atoms with E-state index >= 15 is 0 Å². The molecule has 1 aromatic rings. The molecule has 1 aliphatic rings. The van der Waals surface area contributed by atoms with Crippen LogP contribution >= 0.6 is 15.9 Å². The van der Waals surface area contributed by atoms with Crippen molar-refractivity contribution in [3.05, 3.63) is 28.5 Å². The maximum Gasteiger partial charge on any atom is 0.0420 e. The van der Waals surface area contributed by atoms with E-state index in [9.17, 15) is 0 Å². The van der Waals surface area contributed by atoms with Gasteiger partial charge in [-0.15, -0.1) is 0 Å². The van der Waals surface area contributed by atoms with Crippen LogP contribution in [0.3, 0.4) is 0 Å². The minimum absolute atomic E-state index is 0.432. The van der Waals surface area contributed by atoms with Gasteiger partial charge in [-0.25, -0.2) is 0 Å². The zero-order valence-corrected chi connectivity index (χ0v) is 13.0. The van der Waals surface area contributed by atoms with Crippen molar-refractivity contribution >= 4 is 15.9 Å². The highest BCUT2D eigenvalue weighted by Crippen LogP contribution is 2.39. The van der Waals surface area contributed by atoms with Crippen molar-refractivity contribution in [2.45, 2.75) is 51.5 Å². The highest BCUT2D eigenvalue weighted by atomic mass is 79.9. The summed E-state index contributed by atoms with van der Waals surface area (Å²) >= 11 is 3.44. The van der Waals surface area contributed by atoms with Gasteiger partial charge in [0.1, 0.15) is 0 Å². The molecule has 1 fully saturated rings. The molecule has 3 heteroatoms. The Labute approximate surface area is 119 Å². The third-order valence-electron chi connectivity index (χ3n) is 4.39. The van der Waals surface area contributed by atoms with Gasteiger partial charge < -0.3 is 5.32 Å². The second-order valence-electron chi connectivity index (χ2n) is 5.73. The molecule has 2 rings (SSSR count). The van der Waals surface area contributed by atoms with E-state index in [2.05, 4.69) is 52.3 Å². The molecule has 0 bridgehead atoms. The molecule has 100 valence electrons. The molecule has 1 aromatic heterocycles. The maximum absolute atomic E-state index is 4.51. The van der Waals surface area contributed by atoms with Crippen molar-refractivity contribution in [2.75, 3.05) is 7.05 Å². The highest BCUT2D eigenvalue weighted by Gasteiger charge is 2.34. The molecule has 1 saturated carbocycles. The quantitative estimate of drug-likeness (QED) is 0.911. The summed E-state index contributed by atoms with van der Waals surface area (Å²) < 4.78 is 1.05. The van der Waals surface area contributed by atoms with Crippen LogP contribution in [0, 0.1) is 5.41 Å². The molecule has 0 radical (unpaired) electrons. The Morgan fingerprint density at radius 2 is 2.06 bits per heavy atom. The molecule has 0 aromatic carbocycles. The predicted molar refractivity (Wildman–Crippen MR) is 79.7 cm³/mol. The Bertz CT molecular complexity index is 369. The van der Waals surface area contributed by atoms with Gasteiger partial charge >= 0.3 is 0 Å². The number of likely N-dealkylation sites (N-methyl/N-ethyl adjacent to an activating group) is 1. The molecule has 1 unspecified atom stereocenters. The first-order valence-electron chi connectivity index (χ1n) is 6.92. The van der Waals surface area contributed by atoms with Gasteiger partial charge in [0, 0.05) is 28.8 Å². The van der Waals surface area contributed by atoms with Crippen LogP contribution in [0.4, 0.5) is 0 Å². The minimum atomic E-state index is 0.432. The van der Waals surface area contributed by atoms with Gasteiger partial charge in [-0.3, -0.25) is 4.98 Å². The van der Waals surface area contributed by atoms with E-state index in [-0.39, 0.29) is 0 Å². The predicted octanol–water partition coefficient (Wildman–Crippen LogP) is 3.95. The Hall–Kier alpha value is -0.410. The minimum Gasteiger partial charge on any atom is -0.316 e. The summed E-state index contributed by atoms with van der Waals surface area (Å²) in [7, 11) is 2.09. The van der Waals surface area contributed by atoms with Crippen molar-refractivity contribution in [3.63, 3.8) is 0 Å². The molecule has 0 amide bonds. The topological polar surface area (TPSA) is 24.9 Å². The summed E-state index contributed by atoms with van der Waals surface area (Å²) in [5.41, 5.74) is 1.62. The summed E-state index contributed by atoms with van der Waals surface area (Å²) in [4.78, 5) is 4.51. The molecule has 1 heterocycles. The first kappa shape index (κ1) is 14.0. The Kier molecular flexibility index (Phi) is 4.79. The van der Waals surface area contributed by atoms with Crippen LogP contribution in [0.5, 0.6) is 0 Å². The molecule has 0 aliphatic heterocycles. The van der Waals surface area contributed by atoms with Gasteiger partial charge in [0.2, 0.25) is 0 Å². The van der Waals surface area contributed by atoms with Crippen LogP contribution in [0.2, 0.25) is 0 Å². The van der Waals surface area contributed by atoms with Crippen LogP contribution in [-0.4, -0.2) is 18.1 Å². The number of nitrogens with zero attached hydrogens (tertiary/aromatic N) is 1. The van der Waals surface area contributed by atoms with Gasteiger partial charge in [0.05, 0.1) is 0 Å². The monoisotopic (exact) mass is 310 g/mol. The number of aromatic nitrogens is 1. The zero-order chi connectivity index (χ0) is 13.0. The second kappa shape index (κ2) is 6.16. The number of hydrogen-bond donors (Lipinski definition) is 1. The van der Waals surface area contributed by atoms with Gasteiger partial charge in [0.25, 0.3) is 0 Å². The lowest BCUT2D eigenvalue weighted by atomic mass is 9.69. The van der Waals surface area contributed by atoms with Crippen molar-refractivity contribution in [1.82, 2.24) is 10.3 Å². The van der Waals surface area contributed by atoms with E-state index in [1.165, 1.54) is 37.8 Å². The third kappa shape index (κ3) is 3.33. The van der Waals surface area contributed by atoms with E-state index in [1.807, 2.05) is 6.20 Å². The number of halogens is 1. The molecule has 1 N–H and O–H groups in total. The summed E-state index contributed by atoms with van der Waals surface area (Å²) in [6, 6.07) is 4.74. The van der Waals surface area contributed by atoms with Crippen LogP contribution in [0.1, 0.15) is 44.7 Å².